The van der Waals surface area contributed by atoms with Gasteiger partial charge in [0.25, 0.3) is 0 Å². The maximum absolute atomic E-state index is 9.64. The number of hydrogen-bond acceptors (Lipinski definition) is 4. The molecule has 0 amide bonds. The Bertz CT molecular complexity index is 373. The first-order valence-corrected chi connectivity index (χ1v) is 6.45. The Morgan fingerprint density at radius 3 is 2.72 bits per heavy atom. The zero-order valence-corrected chi connectivity index (χ0v) is 11.8. The Balaban J connectivity index is 2.63. The highest BCUT2D eigenvalue weighted by molar-refractivity contribution is 5.29. The summed E-state index contributed by atoms with van der Waals surface area (Å²) in [5.41, 5.74) is 1.21. The van der Waals surface area contributed by atoms with Crippen LogP contribution in [0.5, 0.6) is 5.75 Å². The van der Waals surface area contributed by atoms with Crippen LogP contribution in [-0.2, 0) is 6.54 Å². The molecule has 0 aliphatic carbocycles. The molecule has 18 heavy (non-hydrogen) atoms. The third-order valence-electron chi connectivity index (χ3n) is 2.59. The lowest BCUT2D eigenvalue weighted by Gasteiger charge is -2.18. The molecule has 0 aromatic carbocycles. The van der Waals surface area contributed by atoms with Crippen molar-refractivity contribution < 1.29 is 9.84 Å². The minimum Gasteiger partial charge on any atom is -0.492 e. The number of hydrogen-bond donors (Lipinski definition) is 2. The van der Waals surface area contributed by atoms with Crippen molar-refractivity contribution in [3.63, 3.8) is 0 Å². The van der Waals surface area contributed by atoms with Crippen LogP contribution in [0.4, 0.5) is 0 Å². The van der Waals surface area contributed by atoms with E-state index in [4.69, 9.17) is 4.74 Å². The molecular weight excluding hydrogens is 228 g/mol. The van der Waals surface area contributed by atoms with Crippen molar-refractivity contribution in [2.75, 3.05) is 13.2 Å². The molecule has 102 valence electrons. The lowest BCUT2D eigenvalue weighted by Crippen LogP contribution is -2.22. The highest BCUT2D eigenvalue weighted by Crippen LogP contribution is 2.18. The summed E-state index contributed by atoms with van der Waals surface area (Å²) in [6.45, 7) is 9.69. The van der Waals surface area contributed by atoms with Crippen LogP contribution in [-0.4, -0.2) is 28.8 Å². The monoisotopic (exact) mass is 252 g/mol. The number of aromatic nitrogens is 1. The van der Waals surface area contributed by atoms with E-state index in [1.165, 1.54) is 0 Å². The molecule has 0 radical (unpaired) electrons. The zero-order chi connectivity index (χ0) is 13.6. The average Bonchev–Trinajstić information content (AvgIpc) is 2.27. The van der Waals surface area contributed by atoms with Gasteiger partial charge in [-0.15, -0.1) is 0 Å². The van der Waals surface area contributed by atoms with E-state index in [-0.39, 0.29) is 0 Å². The Labute approximate surface area is 109 Å². The van der Waals surface area contributed by atoms with Crippen LogP contribution in [0.2, 0.25) is 0 Å². The van der Waals surface area contributed by atoms with Gasteiger partial charge in [-0.05, 0) is 39.4 Å². The summed E-state index contributed by atoms with van der Waals surface area (Å²) in [7, 11) is 0. The van der Waals surface area contributed by atoms with Crippen molar-refractivity contribution in [1.29, 1.82) is 0 Å². The second kappa shape index (κ2) is 6.71. The summed E-state index contributed by atoms with van der Waals surface area (Å²) >= 11 is 0. The number of pyridine rings is 1. The summed E-state index contributed by atoms with van der Waals surface area (Å²) in [5, 5.41) is 12.9. The van der Waals surface area contributed by atoms with Crippen LogP contribution in [0.15, 0.2) is 12.1 Å². The lowest BCUT2D eigenvalue weighted by molar-refractivity contribution is 0.0551. The van der Waals surface area contributed by atoms with Crippen LogP contribution in [0, 0.1) is 6.92 Å². The average molecular weight is 252 g/mol. The molecule has 2 N–H and O–H groups in total. The van der Waals surface area contributed by atoms with Crippen molar-refractivity contribution in [1.82, 2.24) is 10.3 Å². The highest BCUT2D eigenvalue weighted by Gasteiger charge is 2.13. The maximum atomic E-state index is 9.64. The zero-order valence-electron chi connectivity index (χ0n) is 11.8. The molecule has 0 saturated heterocycles. The van der Waals surface area contributed by atoms with Crippen molar-refractivity contribution in [3.8, 4) is 5.75 Å². The third kappa shape index (κ3) is 5.47. The highest BCUT2D eigenvalue weighted by atomic mass is 16.5. The van der Waals surface area contributed by atoms with Gasteiger partial charge in [0.2, 0.25) is 0 Å². The van der Waals surface area contributed by atoms with E-state index in [1.807, 2.05) is 19.1 Å². The van der Waals surface area contributed by atoms with Gasteiger partial charge in [0, 0.05) is 18.7 Å². The Kier molecular flexibility index (Phi) is 5.56. The lowest BCUT2D eigenvalue weighted by atomic mass is 10.1. The minimum absolute atomic E-state index is 0.493. The maximum Gasteiger partial charge on any atom is 0.142 e. The molecule has 1 rings (SSSR count). The van der Waals surface area contributed by atoms with Gasteiger partial charge in [-0.1, -0.05) is 6.92 Å². The van der Waals surface area contributed by atoms with Crippen molar-refractivity contribution in [2.24, 2.45) is 0 Å². The first-order valence-electron chi connectivity index (χ1n) is 6.45. The second-order valence-electron chi connectivity index (χ2n) is 5.09. The number of aryl methyl sites for hydroxylation is 1. The molecule has 0 fully saturated rings. The van der Waals surface area contributed by atoms with Gasteiger partial charge in [-0.25, -0.2) is 0 Å². The SMILES string of the molecule is CCNCc1nc(C)ccc1OCCC(C)(C)O. The van der Waals surface area contributed by atoms with Crippen LogP contribution in [0.1, 0.15) is 38.6 Å². The molecule has 0 aliphatic rings. The van der Waals surface area contributed by atoms with Gasteiger partial charge in [-0.3, -0.25) is 4.98 Å². The summed E-state index contributed by atoms with van der Waals surface area (Å²) in [6.07, 6.45) is 0.599. The Hall–Kier alpha value is -1.13. The second-order valence-corrected chi connectivity index (χ2v) is 5.09. The van der Waals surface area contributed by atoms with Gasteiger partial charge in [0.05, 0.1) is 17.9 Å². The number of rotatable bonds is 7. The van der Waals surface area contributed by atoms with Gasteiger partial charge in [-0.2, -0.15) is 0 Å². The first kappa shape index (κ1) is 14.9. The van der Waals surface area contributed by atoms with Crippen molar-refractivity contribution in [3.05, 3.63) is 23.5 Å². The molecule has 1 aromatic rings. The van der Waals surface area contributed by atoms with E-state index < -0.39 is 5.60 Å². The Morgan fingerprint density at radius 1 is 1.39 bits per heavy atom. The fourth-order valence-corrected chi connectivity index (χ4v) is 1.51. The quantitative estimate of drug-likeness (QED) is 0.779. The fourth-order valence-electron chi connectivity index (χ4n) is 1.51. The van der Waals surface area contributed by atoms with E-state index in [0.717, 1.165) is 23.7 Å². The van der Waals surface area contributed by atoms with Crippen LogP contribution in [0.25, 0.3) is 0 Å². The third-order valence-corrected chi connectivity index (χ3v) is 2.59. The van der Waals surface area contributed by atoms with Gasteiger partial charge in [0.15, 0.2) is 0 Å². The summed E-state index contributed by atoms with van der Waals surface area (Å²) in [6, 6.07) is 3.88. The normalized spacial score (nSPS) is 11.6. The molecule has 0 spiro atoms. The van der Waals surface area contributed by atoms with Gasteiger partial charge < -0.3 is 15.2 Å². The summed E-state index contributed by atoms with van der Waals surface area (Å²) < 4.78 is 5.70. The number of nitrogens with one attached hydrogen (secondary N) is 1. The van der Waals surface area contributed by atoms with Crippen LogP contribution >= 0.6 is 0 Å². The molecule has 0 saturated carbocycles. The molecule has 1 aromatic heterocycles. The fraction of sp³-hybridized carbons (Fsp3) is 0.643. The predicted octanol–water partition coefficient (Wildman–Crippen LogP) is 2.04. The molecule has 4 nitrogen and oxygen atoms in total. The largest absolute Gasteiger partial charge is 0.492 e. The van der Waals surface area contributed by atoms with Gasteiger partial charge >= 0.3 is 0 Å². The molecule has 0 aliphatic heterocycles. The number of ether oxygens (including phenoxy) is 1. The van der Waals surface area contributed by atoms with Gasteiger partial charge in [0.1, 0.15) is 5.75 Å². The summed E-state index contributed by atoms with van der Waals surface area (Å²) in [5.74, 6) is 0.797. The first-order chi connectivity index (χ1) is 8.42. The smallest absolute Gasteiger partial charge is 0.142 e. The standard InChI is InChI=1S/C14H24N2O2/c1-5-15-10-12-13(7-6-11(2)16-12)18-9-8-14(3,4)17/h6-7,15,17H,5,8-10H2,1-4H3. The van der Waals surface area contributed by atoms with Crippen molar-refractivity contribution >= 4 is 0 Å². The van der Waals surface area contributed by atoms with Crippen LogP contribution in [0.3, 0.4) is 0 Å². The van der Waals surface area contributed by atoms with E-state index >= 15 is 0 Å². The minimum atomic E-state index is -0.694. The molecule has 4 heteroatoms. The van der Waals surface area contributed by atoms with E-state index in [9.17, 15) is 5.11 Å². The predicted molar refractivity (Wildman–Crippen MR) is 72.8 cm³/mol. The molecule has 0 atom stereocenters. The summed E-state index contributed by atoms with van der Waals surface area (Å²) in [4.78, 5) is 4.48. The number of aliphatic hydroxyl groups is 1. The van der Waals surface area contributed by atoms with E-state index in [2.05, 4.69) is 17.2 Å². The van der Waals surface area contributed by atoms with E-state index in [0.29, 0.717) is 19.6 Å². The topological polar surface area (TPSA) is 54.4 Å². The molecule has 0 unspecified atom stereocenters. The van der Waals surface area contributed by atoms with Crippen LogP contribution < -0.4 is 10.1 Å². The van der Waals surface area contributed by atoms with E-state index in [1.54, 1.807) is 13.8 Å². The molecular formula is C14H24N2O2. The number of nitrogens with zero attached hydrogens (tertiary/aromatic N) is 1. The molecule has 0 bridgehead atoms. The Morgan fingerprint density at radius 2 is 2.11 bits per heavy atom. The van der Waals surface area contributed by atoms with Crippen molar-refractivity contribution in [2.45, 2.75) is 46.3 Å². The molecule has 1 heterocycles.